The number of rotatable bonds is 3. The van der Waals surface area contributed by atoms with Crippen LogP contribution in [0.3, 0.4) is 0 Å². The Kier molecular flexibility index (Phi) is 4.19. The molecule has 0 aliphatic carbocycles. The van der Waals surface area contributed by atoms with E-state index in [4.69, 9.17) is 0 Å². The fraction of sp³-hybridized carbons (Fsp3) is 0.300. The Morgan fingerprint density at radius 1 is 1.00 bits per heavy atom. The average Bonchev–Trinajstić information content (AvgIpc) is 2.30. The minimum absolute atomic E-state index is 0.132. The average molecular weight is 371 g/mol. The van der Waals surface area contributed by atoms with Crippen molar-refractivity contribution in [2.45, 2.75) is 18.0 Å². The third-order valence-electron chi connectivity index (χ3n) is 2.22. The second kappa shape index (κ2) is 4.97. The minimum Gasteiger partial charge on any atom is -0.287 e. The van der Waals surface area contributed by atoms with Crippen molar-refractivity contribution in [1.82, 2.24) is 0 Å². The van der Waals surface area contributed by atoms with Crippen molar-refractivity contribution in [3.05, 3.63) is 34.1 Å². The van der Waals surface area contributed by atoms with Crippen LogP contribution in [0.2, 0.25) is 0 Å². The highest BCUT2D eigenvalue weighted by atomic mass is 79.9. The van der Waals surface area contributed by atoms with E-state index in [1.807, 2.05) is 0 Å². The van der Waals surface area contributed by atoms with Gasteiger partial charge in [0.2, 0.25) is 5.78 Å². The van der Waals surface area contributed by atoms with Gasteiger partial charge in [0.25, 0.3) is 0 Å². The van der Waals surface area contributed by atoms with Gasteiger partial charge in [-0.3, -0.25) is 4.79 Å². The zero-order valence-corrected chi connectivity index (χ0v) is 10.6. The van der Waals surface area contributed by atoms with Crippen LogP contribution < -0.4 is 0 Å². The summed E-state index contributed by atoms with van der Waals surface area (Å²) in [5, 5.41) is 0. The smallest absolute Gasteiger partial charge is 0.287 e. The highest BCUT2D eigenvalue weighted by Gasteiger charge is 2.76. The molecule has 1 aromatic carbocycles. The third-order valence-corrected chi connectivity index (χ3v) is 2.86. The molecule has 0 atom stereocenters. The van der Waals surface area contributed by atoms with Crippen LogP contribution in [0, 0.1) is 5.82 Å². The van der Waals surface area contributed by atoms with Gasteiger partial charge in [-0.15, -0.1) is 0 Å². The van der Waals surface area contributed by atoms with Gasteiger partial charge in [0.1, 0.15) is 5.82 Å². The first-order chi connectivity index (χ1) is 8.82. The lowest BCUT2D eigenvalue weighted by molar-refractivity contribution is -0.339. The Morgan fingerprint density at radius 2 is 1.50 bits per heavy atom. The van der Waals surface area contributed by atoms with Gasteiger partial charge in [-0.2, -0.15) is 30.7 Å². The largest absolute Gasteiger partial charge is 0.460 e. The molecular weight excluding hydrogens is 368 g/mol. The van der Waals surface area contributed by atoms with E-state index in [1.54, 1.807) is 0 Å². The molecule has 0 N–H and O–H groups in total. The Hall–Kier alpha value is -1.19. The lowest BCUT2D eigenvalue weighted by Gasteiger charge is -2.27. The maximum absolute atomic E-state index is 13.1. The van der Waals surface area contributed by atoms with Crippen LogP contribution in [0.25, 0.3) is 0 Å². The van der Waals surface area contributed by atoms with Gasteiger partial charge < -0.3 is 0 Å². The van der Waals surface area contributed by atoms with Crippen LogP contribution in [-0.2, 0) is 0 Å². The highest BCUT2D eigenvalue weighted by Crippen LogP contribution is 2.47. The van der Waals surface area contributed by atoms with Crippen LogP contribution in [-0.4, -0.2) is 23.8 Å². The minimum atomic E-state index is -6.62. The number of benzene rings is 1. The van der Waals surface area contributed by atoms with Crippen LogP contribution in [0.1, 0.15) is 10.4 Å². The van der Waals surface area contributed by atoms with E-state index in [-0.39, 0.29) is 10.5 Å². The second-order valence-electron chi connectivity index (χ2n) is 3.60. The molecule has 20 heavy (non-hydrogen) atoms. The molecule has 0 unspecified atom stereocenters. The fourth-order valence-electron chi connectivity index (χ4n) is 1.14. The number of alkyl halides is 7. The molecule has 0 aliphatic heterocycles. The quantitative estimate of drug-likeness (QED) is 0.561. The number of ketones is 1. The molecule has 0 amide bonds. The molecule has 0 fully saturated rings. The fourth-order valence-corrected chi connectivity index (χ4v) is 1.39. The number of hydrogen-bond donors (Lipinski definition) is 0. The summed E-state index contributed by atoms with van der Waals surface area (Å²) in [5.41, 5.74) is -1.31. The maximum atomic E-state index is 13.1. The summed E-state index contributed by atoms with van der Waals surface area (Å²) in [4.78, 5) is 11.1. The van der Waals surface area contributed by atoms with Gasteiger partial charge >= 0.3 is 18.0 Å². The SMILES string of the molecule is O=C(c1ccc(Br)c(F)c1)C(F)(F)C(F)(F)C(F)(F)F. The molecule has 0 heterocycles. The summed E-state index contributed by atoms with van der Waals surface area (Å²) in [6.45, 7) is 0. The zero-order valence-electron chi connectivity index (χ0n) is 9.04. The van der Waals surface area contributed by atoms with Crippen LogP contribution >= 0.6 is 15.9 Å². The number of hydrogen-bond acceptors (Lipinski definition) is 1. The number of carbonyl (C=O) groups is 1. The first-order valence-electron chi connectivity index (χ1n) is 4.64. The summed E-state index contributed by atoms with van der Waals surface area (Å²) in [5.74, 6) is -16.7. The van der Waals surface area contributed by atoms with E-state index in [2.05, 4.69) is 15.9 Å². The Bertz CT molecular complexity index is 537. The molecule has 1 rings (SSSR count). The number of Topliss-reactive ketones (excluding diaryl/α,β-unsaturated/α-hetero) is 1. The second-order valence-corrected chi connectivity index (χ2v) is 4.46. The van der Waals surface area contributed by atoms with E-state index < -0.39 is 35.2 Å². The molecule has 0 aromatic heterocycles. The summed E-state index contributed by atoms with van der Waals surface area (Å²) in [6.07, 6.45) is -6.62. The van der Waals surface area contributed by atoms with Gasteiger partial charge in [0.05, 0.1) is 4.47 Å². The molecule has 0 bridgehead atoms. The van der Waals surface area contributed by atoms with Crippen molar-refractivity contribution >= 4 is 21.7 Å². The third kappa shape index (κ3) is 2.65. The van der Waals surface area contributed by atoms with E-state index in [0.29, 0.717) is 6.07 Å². The van der Waals surface area contributed by atoms with Gasteiger partial charge in [-0.1, -0.05) is 0 Å². The van der Waals surface area contributed by atoms with Gasteiger partial charge in [0.15, 0.2) is 0 Å². The Morgan fingerprint density at radius 3 is 1.90 bits per heavy atom. The summed E-state index contributed by atoms with van der Waals surface area (Å²) in [6, 6.07) is 1.35. The van der Waals surface area contributed by atoms with Crippen molar-refractivity contribution in [3.63, 3.8) is 0 Å². The Labute approximate surface area is 114 Å². The summed E-state index contributed by atoms with van der Waals surface area (Å²) in [7, 11) is 0. The van der Waals surface area contributed by atoms with Crippen LogP contribution in [0.4, 0.5) is 35.1 Å². The van der Waals surface area contributed by atoms with Crippen LogP contribution in [0.15, 0.2) is 22.7 Å². The topological polar surface area (TPSA) is 17.1 Å². The molecule has 0 aliphatic rings. The standard InChI is InChI=1S/C10H3BrF8O/c11-5-2-1-4(3-6(5)12)7(20)8(13,14)9(15,16)10(17,18)19/h1-3H. The van der Waals surface area contributed by atoms with Crippen molar-refractivity contribution in [2.75, 3.05) is 0 Å². The van der Waals surface area contributed by atoms with Crippen molar-refractivity contribution in [3.8, 4) is 0 Å². The Balaban J connectivity index is 3.28. The maximum Gasteiger partial charge on any atom is 0.460 e. The number of halogens is 9. The monoisotopic (exact) mass is 370 g/mol. The van der Waals surface area contributed by atoms with Crippen molar-refractivity contribution in [2.24, 2.45) is 0 Å². The van der Waals surface area contributed by atoms with Gasteiger partial charge in [0, 0.05) is 5.56 Å². The predicted molar refractivity (Wildman–Crippen MR) is 54.4 cm³/mol. The molecule has 0 saturated carbocycles. The highest BCUT2D eigenvalue weighted by molar-refractivity contribution is 9.10. The van der Waals surface area contributed by atoms with Crippen molar-refractivity contribution in [1.29, 1.82) is 0 Å². The lowest BCUT2D eigenvalue weighted by atomic mass is 10.00. The molecule has 0 spiro atoms. The van der Waals surface area contributed by atoms with Crippen LogP contribution in [0.5, 0.6) is 0 Å². The molecule has 0 saturated heterocycles. The summed E-state index contributed by atoms with van der Waals surface area (Å²) < 4.78 is 99.7. The van der Waals surface area contributed by atoms with Crippen molar-refractivity contribution < 1.29 is 39.9 Å². The molecule has 1 aromatic rings. The molecule has 1 nitrogen and oxygen atoms in total. The summed E-state index contributed by atoms with van der Waals surface area (Å²) >= 11 is 2.60. The molecular formula is C10H3BrF8O. The first kappa shape index (κ1) is 16.9. The normalized spacial score (nSPS) is 13.4. The van der Waals surface area contributed by atoms with Gasteiger partial charge in [-0.05, 0) is 34.1 Å². The predicted octanol–water partition coefficient (Wildman–Crippen LogP) is 4.60. The molecule has 10 heteroatoms. The van der Waals surface area contributed by atoms with E-state index >= 15 is 0 Å². The molecule has 112 valence electrons. The molecule has 0 radical (unpaired) electrons. The van der Waals surface area contributed by atoms with E-state index in [1.165, 1.54) is 0 Å². The zero-order chi connectivity index (χ0) is 15.9. The number of carbonyl (C=O) groups excluding carboxylic acids is 1. The van der Waals surface area contributed by atoms with E-state index in [0.717, 1.165) is 6.07 Å². The van der Waals surface area contributed by atoms with Gasteiger partial charge in [-0.25, -0.2) is 4.39 Å². The first-order valence-corrected chi connectivity index (χ1v) is 5.44. The lowest BCUT2D eigenvalue weighted by Crippen LogP contribution is -2.56. The van der Waals surface area contributed by atoms with E-state index in [9.17, 15) is 39.9 Å².